The van der Waals surface area contributed by atoms with Crippen LogP contribution < -0.4 is 5.32 Å². The van der Waals surface area contributed by atoms with Crippen LogP contribution in [0.3, 0.4) is 0 Å². The lowest BCUT2D eigenvalue weighted by Crippen LogP contribution is -2.35. The Kier molecular flexibility index (Phi) is 3.36. The van der Waals surface area contributed by atoms with E-state index in [2.05, 4.69) is 21.2 Å². The van der Waals surface area contributed by atoms with Crippen molar-refractivity contribution in [2.45, 2.75) is 31.8 Å². The first-order valence-electron chi connectivity index (χ1n) is 5.04. The second-order valence-electron chi connectivity index (χ2n) is 3.83. The van der Waals surface area contributed by atoms with E-state index < -0.39 is 11.6 Å². The summed E-state index contributed by atoms with van der Waals surface area (Å²) in [6.45, 7) is 0.266. The van der Waals surface area contributed by atoms with Gasteiger partial charge in [0.25, 0.3) is 0 Å². The third-order valence-electron chi connectivity index (χ3n) is 2.81. The van der Waals surface area contributed by atoms with Gasteiger partial charge in [-0.2, -0.15) is 0 Å². The van der Waals surface area contributed by atoms with Gasteiger partial charge in [0.05, 0.1) is 4.47 Å². The molecule has 1 aromatic carbocycles. The third kappa shape index (κ3) is 2.37. The molecule has 82 valence electrons. The lowest BCUT2D eigenvalue weighted by atomic mass is 9.93. The molecule has 1 nitrogen and oxygen atoms in total. The van der Waals surface area contributed by atoms with E-state index in [4.69, 9.17) is 0 Å². The van der Waals surface area contributed by atoms with Crippen LogP contribution in [0.1, 0.15) is 24.8 Å². The SMILES string of the molecule is Fc1ccc(Br)c(F)c1CNC1CCC1. The van der Waals surface area contributed by atoms with Crippen LogP contribution in [0.15, 0.2) is 16.6 Å². The zero-order valence-electron chi connectivity index (χ0n) is 8.19. The third-order valence-corrected chi connectivity index (χ3v) is 3.42. The van der Waals surface area contributed by atoms with Gasteiger partial charge in [0.2, 0.25) is 0 Å². The average molecular weight is 276 g/mol. The van der Waals surface area contributed by atoms with Crippen molar-refractivity contribution in [2.75, 3.05) is 0 Å². The summed E-state index contributed by atoms with van der Waals surface area (Å²) in [5.41, 5.74) is 0.122. The zero-order chi connectivity index (χ0) is 10.8. The largest absolute Gasteiger partial charge is 0.310 e. The van der Waals surface area contributed by atoms with E-state index in [0.29, 0.717) is 10.5 Å². The Balaban J connectivity index is 2.08. The summed E-state index contributed by atoms with van der Waals surface area (Å²) in [6, 6.07) is 3.10. The van der Waals surface area contributed by atoms with Crippen LogP contribution in [0.5, 0.6) is 0 Å². The number of hydrogen-bond acceptors (Lipinski definition) is 1. The van der Waals surface area contributed by atoms with Crippen LogP contribution >= 0.6 is 15.9 Å². The molecular formula is C11H12BrF2N. The monoisotopic (exact) mass is 275 g/mol. The molecule has 0 radical (unpaired) electrons. The van der Waals surface area contributed by atoms with Crippen molar-refractivity contribution in [3.63, 3.8) is 0 Å². The van der Waals surface area contributed by atoms with E-state index in [1.54, 1.807) is 0 Å². The molecule has 1 aliphatic carbocycles. The Bertz CT molecular complexity index is 364. The maximum Gasteiger partial charge on any atom is 0.144 e. The fraction of sp³-hybridized carbons (Fsp3) is 0.455. The molecule has 0 saturated heterocycles. The number of benzene rings is 1. The quantitative estimate of drug-likeness (QED) is 0.835. The molecule has 2 rings (SSSR count). The van der Waals surface area contributed by atoms with Crippen LogP contribution in [0, 0.1) is 11.6 Å². The Morgan fingerprint density at radius 3 is 2.67 bits per heavy atom. The van der Waals surface area contributed by atoms with Crippen LogP contribution in [-0.2, 0) is 6.54 Å². The molecule has 4 heteroatoms. The highest BCUT2D eigenvalue weighted by atomic mass is 79.9. The highest BCUT2D eigenvalue weighted by Crippen LogP contribution is 2.23. The van der Waals surface area contributed by atoms with Crippen LogP contribution in [-0.4, -0.2) is 6.04 Å². The number of hydrogen-bond donors (Lipinski definition) is 1. The van der Waals surface area contributed by atoms with E-state index in [9.17, 15) is 8.78 Å². The van der Waals surface area contributed by atoms with Crippen molar-refractivity contribution in [3.05, 3.63) is 33.8 Å². The summed E-state index contributed by atoms with van der Waals surface area (Å²) in [7, 11) is 0. The summed E-state index contributed by atoms with van der Waals surface area (Å²) < 4.78 is 27.1. The highest BCUT2D eigenvalue weighted by molar-refractivity contribution is 9.10. The molecule has 1 aliphatic rings. The molecule has 0 unspecified atom stereocenters. The average Bonchev–Trinajstić information content (AvgIpc) is 2.15. The second kappa shape index (κ2) is 4.58. The van der Waals surface area contributed by atoms with Gasteiger partial charge >= 0.3 is 0 Å². The molecule has 0 bridgehead atoms. The Hall–Kier alpha value is -0.480. The standard InChI is InChI=1S/C11H12BrF2N/c12-9-4-5-10(13)8(11(9)14)6-15-7-2-1-3-7/h4-5,7,15H,1-3,6H2. The summed E-state index contributed by atoms with van der Waals surface area (Å²) in [6.07, 6.45) is 3.43. The molecular weight excluding hydrogens is 264 g/mol. The van der Waals surface area contributed by atoms with E-state index in [0.717, 1.165) is 12.8 Å². The van der Waals surface area contributed by atoms with Crippen molar-refractivity contribution >= 4 is 15.9 Å². The first kappa shape index (κ1) is 11.0. The predicted octanol–water partition coefficient (Wildman–Crippen LogP) is 3.37. The van der Waals surface area contributed by atoms with E-state index >= 15 is 0 Å². The highest BCUT2D eigenvalue weighted by Gasteiger charge is 2.18. The molecule has 0 atom stereocenters. The maximum absolute atomic E-state index is 13.5. The van der Waals surface area contributed by atoms with Crippen molar-refractivity contribution in [1.29, 1.82) is 0 Å². The van der Waals surface area contributed by atoms with Gasteiger partial charge in [-0.15, -0.1) is 0 Å². The summed E-state index contributed by atoms with van der Waals surface area (Å²) in [5, 5.41) is 3.14. The molecule has 0 aliphatic heterocycles. The molecule has 0 heterocycles. The number of nitrogens with one attached hydrogen (secondary N) is 1. The second-order valence-corrected chi connectivity index (χ2v) is 4.68. The minimum atomic E-state index is -0.498. The Labute approximate surface area is 96.0 Å². The van der Waals surface area contributed by atoms with Crippen LogP contribution in [0.25, 0.3) is 0 Å². The molecule has 0 aromatic heterocycles. The van der Waals surface area contributed by atoms with Crippen molar-refractivity contribution < 1.29 is 8.78 Å². The minimum Gasteiger partial charge on any atom is -0.310 e. The van der Waals surface area contributed by atoms with Gasteiger partial charge in [-0.1, -0.05) is 6.42 Å². The van der Waals surface area contributed by atoms with Crippen LogP contribution in [0.4, 0.5) is 8.78 Å². The lowest BCUT2D eigenvalue weighted by Gasteiger charge is -2.26. The topological polar surface area (TPSA) is 12.0 Å². The van der Waals surface area contributed by atoms with Crippen molar-refractivity contribution in [1.82, 2.24) is 5.32 Å². The zero-order valence-corrected chi connectivity index (χ0v) is 9.78. The van der Waals surface area contributed by atoms with Crippen molar-refractivity contribution in [3.8, 4) is 0 Å². The molecule has 15 heavy (non-hydrogen) atoms. The van der Waals surface area contributed by atoms with Gasteiger partial charge < -0.3 is 5.32 Å². The van der Waals surface area contributed by atoms with E-state index in [-0.39, 0.29) is 12.1 Å². The Morgan fingerprint density at radius 1 is 1.33 bits per heavy atom. The molecule has 1 aromatic rings. The molecule has 1 fully saturated rings. The molecule has 0 spiro atoms. The molecule has 1 N–H and O–H groups in total. The smallest absolute Gasteiger partial charge is 0.144 e. The fourth-order valence-corrected chi connectivity index (χ4v) is 1.96. The van der Waals surface area contributed by atoms with Gasteiger partial charge in [0, 0.05) is 18.2 Å². The van der Waals surface area contributed by atoms with Gasteiger partial charge in [-0.3, -0.25) is 0 Å². The van der Waals surface area contributed by atoms with Crippen molar-refractivity contribution in [2.24, 2.45) is 0 Å². The Morgan fingerprint density at radius 2 is 2.07 bits per heavy atom. The normalized spacial score (nSPS) is 16.5. The predicted molar refractivity (Wildman–Crippen MR) is 58.5 cm³/mol. The van der Waals surface area contributed by atoms with Gasteiger partial charge in [-0.05, 0) is 40.9 Å². The molecule has 0 amide bonds. The molecule has 1 saturated carbocycles. The van der Waals surface area contributed by atoms with Crippen LogP contribution in [0.2, 0.25) is 0 Å². The van der Waals surface area contributed by atoms with E-state index in [1.807, 2.05) is 0 Å². The fourth-order valence-electron chi connectivity index (χ4n) is 1.59. The lowest BCUT2D eigenvalue weighted by molar-refractivity contribution is 0.333. The first-order chi connectivity index (χ1) is 7.18. The van der Waals surface area contributed by atoms with E-state index in [1.165, 1.54) is 18.6 Å². The number of rotatable bonds is 3. The van der Waals surface area contributed by atoms with Gasteiger partial charge in [0.15, 0.2) is 0 Å². The number of halogens is 3. The summed E-state index contributed by atoms with van der Waals surface area (Å²) >= 11 is 3.05. The van der Waals surface area contributed by atoms with Gasteiger partial charge in [0.1, 0.15) is 11.6 Å². The first-order valence-corrected chi connectivity index (χ1v) is 5.83. The maximum atomic E-state index is 13.5. The van der Waals surface area contributed by atoms with Gasteiger partial charge in [-0.25, -0.2) is 8.78 Å². The summed E-state index contributed by atoms with van der Waals surface area (Å²) in [4.78, 5) is 0. The minimum absolute atomic E-state index is 0.122. The summed E-state index contributed by atoms with van der Waals surface area (Å²) in [5.74, 6) is -0.982.